The summed E-state index contributed by atoms with van der Waals surface area (Å²) in [7, 11) is 0. The van der Waals surface area contributed by atoms with E-state index in [4.69, 9.17) is 21.6 Å². The molecule has 0 fully saturated rings. The van der Waals surface area contributed by atoms with Gasteiger partial charge < -0.3 is 10.0 Å². The largest absolute Gasteiger partial charge is 0.411 e. The average Bonchev–Trinajstić information content (AvgIpc) is 3.60. The molecule has 35 heavy (non-hydrogen) atoms. The van der Waals surface area contributed by atoms with Crippen molar-refractivity contribution < 1.29 is 10.0 Å². The van der Waals surface area contributed by atoms with E-state index in [1.807, 2.05) is 62.6 Å². The number of alkyl halides is 1. The highest BCUT2D eigenvalue weighted by atomic mass is 35.5. The lowest BCUT2D eigenvalue weighted by Crippen LogP contribution is -1.98. The van der Waals surface area contributed by atoms with Crippen LogP contribution in [-0.2, 0) is 17.3 Å². The van der Waals surface area contributed by atoms with Gasteiger partial charge in [0.25, 0.3) is 0 Å². The predicted octanol–water partition coefficient (Wildman–Crippen LogP) is 5.04. The van der Waals surface area contributed by atoms with Crippen molar-refractivity contribution in [3.8, 4) is 11.6 Å². The maximum Gasteiger partial charge on any atom is 0.153 e. The van der Waals surface area contributed by atoms with Crippen molar-refractivity contribution in [1.82, 2.24) is 29.5 Å². The van der Waals surface area contributed by atoms with Gasteiger partial charge in [-0.05, 0) is 57.5 Å². The molecule has 10 nitrogen and oxygen atoms in total. The van der Waals surface area contributed by atoms with E-state index in [9.17, 15) is 0 Å². The van der Waals surface area contributed by atoms with Gasteiger partial charge in [-0.1, -0.05) is 22.4 Å². The lowest BCUT2D eigenvalue weighted by atomic mass is 10.3. The fourth-order valence-corrected chi connectivity index (χ4v) is 2.47. The Morgan fingerprint density at radius 1 is 0.857 bits per heavy atom. The van der Waals surface area contributed by atoms with Crippen LogP contribution in [0.3, 0.4) is 0 Å². The van der Waals surface area contributed by atoms with Crippen molar-refractivity contribution >= 4 is 23.0 Å². The molecule has 0 saturated heterocycles. The molecule has 0 aliphatic heterocycles. The molecule has 184 valence electrons. The molecule has 0 aliphatic carbocycles. The summed E-state index contributed by atoms with van der Waals surface area (Å²) in [5.41, 5.74) is 3.57. The van der Waals surface area contributed by atoms with E-state index in [1.165, 1.54) is 0 Å². The summed E-state index contributed by atoms with van der Waals surface area (Å²) in [6.07, 6.45) is 10.7. The van der Waals surface area contributed by atoms with E-state index in [0.717, 1.165) is 28.5 Å². The van der Waals surface area contributed by atoms with Crippen molar-refractivity contribution in [2.75, 3.05) is 0 Å². The van der Waals surface area contributed by atoms with Crippen molar-refractivity contribution in [2.45, 2.75) is 40.2 Å². The maximum atomic E-state index is 7.73. The summed E-state index contributed by atoms with van der Waals surface area (Å²) in [5, 5.41) is 22.6. The molecule has 4 heterocycles. The fourth-order valence-electron chi connectivity index (χ4n) is 2.31. The third-order valence-electron chi connectivity index (χ3n) is 3.93. The van der Waals surface area contributed by atoms with E-state index >= 15 is 0 Å². The first-order chi connectivity index (χ1) is 16.9. The monoisotopic (exact) mass is 496 g/mol. The average molecular weight is 497 g/mol. The van der Waals surface area contributed by atoms with Gasteiger partial charge >= 0.3 is 0 Å². The molecular weight excluding hydrogens is 468 g/mol. The van der Waals surface area contributed by atoms with Crippen molar-refractivity contribution in [1.29, 1.82) is 0 Å². The third kappa shape index (κ3) is 10.2. The molecule has 0 spiro atoms. The van der Waals surface area contributed by atoms with Gasteiger partial charge in [0.2, 0.25) is 0 Å². The summed E-state index contributed by atoms with van der Waals surface area (Å²) in [6.45, 7) is 7.65. The van der Waals surface area contributed by atoms with Gasteiger partial charge in [0.15, 0.2) is 11.6 Å². The number of oxime groups is 2. The summed E-state index contributed by atoms with van der Waals surface area (Å²) >= 11 is 5.64. The third-order valence-corrected chi connectivity index (χ3v) is 4.24. The highest BCUT2D eigenvalue weighted by Crippen LogP contribution is 2.07. The number of pyridine rings is 2. The Morgan fingerprint density at radius 2 is 1.37 bits per heavy atom. The van der Waals surface area contributed by atoms with Crippen LogP contribution >= 0.6 is 11.6 Å². The van der Waals surface area contributed by atoms with Crippen LogP contribution in [0.25, 0.3) is 11.6 Å². The standard InChI is InChI=1S/C12H14N4O.C9H8ClN3.C3H7NO/c1-10(2)15-17-9-11-4-5-12(13-8-11)16-7-3-6-14-16;10-6-8-2-3-9(11-7-8)13-5-1-4-12-13;1-3(2)4-5/h3-8H,9H2,1-2H3;1-5,7H,6H2;5H,1-2H3. The van der Waals surface area contributed by atoms with Gasteiger partial charge in [0.1, 0.15) is 6.61 Å². The van der Waals surface area contributed by atoms with Gasteiger partial charge in [0, 0.05) is 48.6 Å². The first-order valence-electron chi connectivity index (χ1n) is 10.7. The normalized spacial score (nSPS) is 9.63. The van der Waals surface area contributed by atoms with Crippen LogP contribution in [0.5, 0.6) is 0 Å². The number of hydrogen-bond acceptors (Lipinski definition) is 8. The van der Waals surface area contributed by atoms with Crippen LogP contribution in [0.1, 0.15) is 38.8 Å². The van der Waals surface area contributed by atoms with Crippen LogP contribution < -0.4 is 0 Å². The molecule has 11 heteroatoms. The Bertz CT molecular complexity index is 1150. The molecule has 4 rings (SSSR count). The molecule has 0 atom stereocenters. The van der Waals surface area contributed by atoms with Crippen molar-refractivity contribution in [2.24, 2.45) is 10.3 Å². The van der Waals surface area contributed by atoms with Gasteiger partial charge in [-0.25, -0.2) is 19.3 Å². The highest BCUT2D eigenvalue weighted by molar-refractivity contribution is 6.17. The van der Waals surface area contributed by atoms with Crippen LogP contribution in [0.2, 0.25) is 0 Å². The minimum atomic E-state index is 0.428. The van der Waals surface area contributed by atoms with E-state index in [1.54, 1.807) is 48.0 Å². The lowest BCUT2D eigenvalue weighted by molar-refractivity contribution is 0.130. The molecule has 0 amide bonds. The summed E-state index contributed by atoms with van der Waals surface area (Å²) in [6, 6.07) is 11.4. The predicted molar refractivity (Wildman–Crippen MR) is 136 cm³/mol. The summed E-state index contributed by atoms with van der Waals surface area (Å²) < 4.78 is 3.41. The topological polar surface area (TPSA) is 116 Å². The van der Waals surface area contributed by atoms with Crippen LogP contribution in [0, 0.1) is 0 Å². The maximum absolute atomic E-state index is 7.73. The van der Waals surface area contributed by atoms with Gasteiger partial charge in [-0.3, -0.25) is 0 Å². The van der Waals surface area contributed by atoms with E-state index < -0.39 is 0 Å². The smallest absolute Gasteiger partial charge is 0.153 e. The molecule has 0 aromatic carbocycles. The molecule has 0 unspecified atom stereocenters. The summed E-state index contributed by atoms with van der Waals surface area (Å²) in [5.74, 6) is 2.08. The van der Waals surface area contributed by atoms with Crippen LogP contribution in [0.4, 0.5) is 0 Å². The molecule has 4 aromatic heterocycles. The Labute approximate surface area is 209 Å². The molecule has 0 bridgehead atoms. The molecule has 1 N–H and O–H groups in total. The fraction of sp³-hybridized carbons (Fsp3) is 0.250. The number of nitrogens with zero attached hydrogens (tertiary/aromatic N) is 8. The SMILES string of the molecule is CC(C)=NO.CC(C)=NOCc1ccc(-n2cccn2)nc1.ClCc1ccc(-n2cccn2)nc1. The zero-order chi connectivity index (χ0) is 25.5. The van der Waals surface area contributed by atoms with E-state index in [2.05, 4.69) is 30.5 Å². The van der Waals surface area contributed by atoms with Gasteiger partial charge in [-0.2, -0.15) is 10.2 Å². The second kappa shape index (κ2) is 15.0. The minimum absolute atomic E-state index is 0.428. The summed E-state index contributed by atoms with van der Waals surface area (Å²) in [4.78, 5) is 13.6. The molecule has 0 radical (unpaired) electrons. The Morgan fingerprint density at radius 3 is 1.71 bits per heavy atom. The van der Waals surface area contributed by atoms with Gasteiger partial charge in [0.05, 0.1) is 11.4 Å². The van der Waals surface area contributed by atoms with E-state index in [-0.39, 0.29) is 0 Å². The number of hydrogen-bond donors (Lipinski definition) is 1. The minimum Gasteiger partial charge on any atom is -0.411 e. The quantitative estimate of drug-likeness (QED) is 0.173. The number of rotatable bonds is 6. The molecule has 0 saturated carbocycles. The second-order valence-electron chi connectivity index (χ2n) is 7.44. The Kier molecular flexibility index (Phi) is 11.6. The zero-order valence-electron chi connectivity index (χ0n) is 20.2. The molecule has 4 aromatic rings. The Balaban J connectivity index is 0.000000212. The Hall–Kier alpha value is -4.05. The molecule has 0 aliphatic rings. The zero-order valence-corrected chi connectivity index (χ0v) is 20.9. The van der Waals surface area contributed by atoms with E-state index in [0.29, 0.717) is 18.2 Å². The lowest BCUT2D eigenvalue weighted by Gasteiger charge is -2.02. The molecular formula is C24H29ClN8O2. The van der Waals surface area contributed by atoms with Crippen molar-refractivity contribution in [3.63, 3.8) is 0 Å². The first kappa shape index (κ1) is 27.2. The van der Waals surface area contributed by atoms with Gasteiger partial charge in [-0.15, -0.1) is 11.6 Å². The first-order valence-corrected chi connectivity index (χ1v) is 11.2. The second-order valence-corrected chi connectivity index (χ2v) is 7.71. The van der Waals surface area contributed by atoms with Crippen LogP contribution in [0.15, 0.2) is 83.9 Å². The number of aromatic nitrogens is 6. The number of halogens is 1. The van der Waals surface area contributed by atoms with Crippen molar-refractivity contribution in [3.05, 3.63) is 84.7 Å². The highest BCUT2D eigenvalue weighted by Gasteiger charge is 1.99. The van der Waals surface area contributed by atoms with Crippen LogP contribution in [-0.4, -0.2) is 46.2 Å².